The van der Waals surface area contributed by atoms with E-state index < -0.39 is 0 Å². The van der Waals surface area contributed by atoms with Crippen molar-refractivity contribution in [2.45, 2.75) is 38.1 Å². The standard InChI is InChI=1S/C13H16Cl2N2OS2/c14-9-6-8(11(15)20-9)13(18)17-10(12(16)19)7-4-2-1-3-5-7/h6-7,10H,1-5H2,(H2,16,19)(H,17,18). The number of nitrogens with one attached hydrogen (secondary N) is 1. The van der Waals surface area contributed by atoms with Crippen molar-refractivity contribution in [2.24, 2.45) is 11.7 Å². The van der Waals surface area contributed by atoms with E-state index in [1.807, 2.05) is 0 Å². The summed E-state index contributed by atoms with van der Waals surface area (Å²) in [6.07, 6.45) is 5.64. The van der Waals surface area contributed by atoms with Crippen LogP contribution in [0.15, 0.2) is 6.07 Å². The second-order valence-corrected chi connectivity index (χ2v) is 7.75. The Morgan fingerprint density at radius 1 is 1.40 bits per heavy atom. The minimum Gasteiger partial charge on any atom is -0.392 e. The predicted octanol–water partition coefficient (Wildman–Crippen LogP) is 4.02. The van der Waals surface area contributed by atoms with Crippen LogP contribution in [0.25, 0.3) is 0 Å². The average Bonchev–Trinajstić information content (AvgIpc) is 2.75. The third-order valence-electron chi connectivity index (χ3n) is 3.62. The molecule has 0 aromatic carbocycles. The van der Waals surface area contributed by atoms with Crippen LogP contribution in [0.2, 0.25) is 8.67 Å². The van der Waals surface area contributed by atoms with E-state index in [4.69, 9.17) is 41.2 Å². The molecule has 3 nitrogen and oxygen atoms in total. The fourth-order valence-electron chi connectivity index (χ4n) is 2.60. The number of hydrogen-bond donors (Lipinski definition) is 2. The van der Waals surface area contributed by atoms with Crippen LogP contribution in [-0.4, -0.2) is 16.9 Å². The molecule has 1 aliphatic rings. The van der Waals surface area contributed by atoms with E-state index >= 15 is 0 Å². The lowest BCUT2D eigenvalue weighted by Crippen LogP contribution is -2.48. The Kier molecular flexibility index (Phi) is 5.66. The molecule has 0 bridgehead atoms. The van der Waals surface area contributed by atoms with Crippen LogP contribution in [0.1, 0.15) is 42.5 Å². The van der Waals surface area contributed by atoms with Gasteiger partial charge in [0, 0.05) is 0 Å². The number of thiophene rings is 1. The summed E-state index contributed by atoms with van der Waals surface area (Å²) in [6.45, 7) is 0. The molecule has 1 unspecified atom stereocenters. The summed E-state index contributed by atoms with van der Waals surface area (Å²) >= 11 is 18.1. The molecule has 1 fully saturated rings. The quantitative estimate of drug-likeness (QED) is 0.806. The van der Waals surface area contributed by atoms with Gasteiger partial charge in [-0.25, -0.2) is 0 Å². The zero-order valence-corrected chi connectivity index (χ0v) is 14.0. The first-order valence-corrected chi connectivity index (χ1v) is 8.52. The number of carbonyl (C=O) groups excluding carboxylic acids is 1. The fraction of sp³-hybridized carbons (Fsp3) is 0.538. The number of amides is 1. The zero-order valence-electron chi connectivity index (χ0n) is 10.8. The van der Waals surface area contributed by atoms with Crippen LogP contribution in [0, 0.1) is 5.92 Å². The van der Waals surface area contributed by atoms with Crippen LogP contribution in [0.4, 0.5) is 0 Å². The van der Waals surface area contributed by atoms with Crippen molar-refractivity contribution in [1.29, 1.82) is 0 Å². The van der Waals surface area contributed by atoms with Gasteiger partial charge in [-0.05, 0) is 24.8 Å². The first kappa shape index (κ1) is 16.0. The molecular weight excluding hydrogens is 335 g/mol. The highest BCUT2D eigenvalue weighted by atomic mass is 35.5. The molecule has 1 amide bonds. The Balaban J connectivity index is 2.09. The predicted molar refractivity (Wildman–Crippen MR) is 89.0 cm³/mol. The van der Waals surface area contributed by atoms with E-state index in [1.54, 1.807) is 6.07 Å². The molecule has 3 N–H and O–H groups in total. The number of thiocarbonyl (C=S) groups is 1. The molecule has 2 rings (SSSR count). The van der Waals surface area contributed by atoms with Crippen LogP contribution in [0.3, 0.4) is 0 Å². The van der Waals surface area contributed by atoms with E-state index in [9.17, 15) is 4.79 Å². The number of halogens is 2. The SMILES string of the molecule is NC(=S)C(NC(=O)c1cc(Cl)sc1Cl)C1CCCCC1. The fourth-order valence-corrected chi connectivity index (χ4v) is 4.31. The first-order chi connectivity index (χ1) is 9.49. The highest BCUT2D eigenvalue weighted by Crippen LogP contribution is 2.32. The van der Waals surface area contributed by atoms with Crippen molar-refractivity contribution in [3.05, 3.63) is 20.3 Å². The number of carbonyl (C=O) groups is 1. The second kappa shape index (κ2) is 7.07. The Morgan fingerprint density at radius 3 is 2.55 bits per heavy atom. The van der Waals surface area contributed by atoms with Crippen molar-refractivity contribution >= 4 is 57.7 Å². The molecule has 0 saturated heterocycles. The monoisotopic (exact) mass is 350 g/mol. The maximum absolute atomic E-state index is 12.3. The topological polar surface area (TPSA) is 55.1 Å². The molecule has 1 aromatic heterocycles. The summed E-state index contributed by atoms with van der Waals surface area (Å²) in [5.74, 6) is 0.0552. The first-order valence-electron chi connectivity index (χ1n) is 6.54. The summed E-state index contributed by atoms with van der Waals surface area (Å²) < 4.78 is 0.877. The van der Waals surface area contributed by atoms with Gasteiger partial charge in [-0.15, -0.1) is 11.3 Å². The highest BCUT2D eigenvalue weighted by molar-refractivity contribution is 7.80. The maximum Gasteiger partial charge on any atom is 0.254 e. The van der Waals surface area contributed by atoms with E-state index in [-0.39, 0.29) is 11.9 Å². The molecule has 1 saturated carbocycles. The van der Waals surface area contributed by atoms with Crippen molar-refractivity contribution in [3.63, 3.8) is 0 Å². The van der Waals surface area contributed by atoms with Gasteiger partial charge >= 0.3 is 0 Å². The largest absolute Gasteiger partial charge is 0.392 e. The number of nitrogens with two attached hydrogens (primary N) is 1. The normalized spacial score (nSPS) is 17.7. The third kappa shape index (κ3) is 3.85. The second-order valence-electron chi connectivity index (χ2n) is 4.99. The zero-order chi connectivity index (χ0) is 14.7. The lowest BCUT2D eigenvalue weighted by atomic mass is 9.83. The number of rotatable bonds is 4. The number of hydrogen-bond acceptors (Lipinski definition) is 3. The van der Waals surface area contributed by atoms with Crippen LogP contribution in [-0.2, 0) is 0 Å². The van der Waals surface area contributed by atoms with Gasteiger partial charge in [0.05, 0.1) is 20.9 Å². The molecule has 1 aromatic rings. The molecular formula is C13H16Cl2N2OS2. The van der Waals surface area contributed by atoms with Crippen molar-refractivity contribution in [3.8, 4) is 0 Å². The van der Waals surface area contributed by atoms with Gasteiger partial charge in [-0.3, -0.25) is 4.79 Å². The van der Waals surface area contributed by atoms with E-state index in [2.05, 4.69) is 5.32 Å². The summed E-state index contributed by atoms with van der Waals surface area (Å²) in [6, 6.07) is 1.30. The van der Waals surface area contributed by atoms with Gasteiger partial charge in [-0.2, -0.15) is 0 Å². The molecule has 1 heterocycles. The molecule has 0 radical (unpaired) electrons. The molecule has 0 aliphatic heterocycles. The lowest BCUT2D eigenvalue weighted by molar-refractivity contribution is 0.0932. The van der Waals surface area contributed by atoms with Crippen molar-refractivity contribution in [1.82, 2.24) is 5.32 Å². The van der Waals surface area contributed by atoms with Crippen molar-refractivity contribution in [2.75, 3.05) is 0 Å². The van der Waals surface area contributed by atoms with Crippen LogP contribution >= 0.6 is 46.8 Å². The molecule has 7 heteroatoms. The minimum atomic E-state index is -0.271. The lowest BCUT2D eigenvalue weighted by Gasteiger charge is -2.30. The molecule has 0 spiro atoms. The van der Waals surface area contributed by atoms with Gasteiger partial charge in [-0.1, -0.05) is 54.7 Å². The Morgan fingerprint density at radius 2 is 2.05 bits per heavy atom. The summed E-state index contributed by atoms with van der Waals surface area (Å²) in [7, 11) is 0. The summed E-state index contributed by atoms with van der Waals surface area (Å²) in [5.41, 5.74) is 6.19. The Labute approximate surface area is 137 Å². The van der Waals surface area contributed by atoms with Crippen LogP contribution < -0.4 is 11.1 Å². The van der Waals surface area contributed by atoms with Gasteiger partial charge in [0.15, 0.2) is 0 Å². The molecule has 1 atom stereocenters. The summed E-state index contributed by atoms with van der Waals surface area (Å²) in [4.78, 5) is 12.6. The van der Waals surface area contributed by atoms with Gasteiger partial charge in [0.25, 0.3) is 5.91 Å². The van der Waals surface area contributed by atoms with Gasteiger partial charge in [0.1, 0.15) is 4.34 Å². The van der Waals surface area contributed by atoms with Crippen LogP contribution in [0.5, 0.6) is 0 Å². The highest BCUT2D eigenvalue weighted by Gasteiger charge is 2.28. The van der Waals surface area contributed by atoms with Crippen molar-refractivity contribution < 1.29 is 4.79 Å². The Bertz CT molecular complexity index is 512. The molecule has 1 aliphatic carbocycles. The van der Waals surface area contributed by atoms with Gasteiger partial charge in [0.2, 0.25) is 0 Å². The molecule has 20 heavy (non-hydrogen) atoms. The maximum atomic E-state index is 12.3. The Hall–Kier alpha value is -0.360. The minimum absolute atomic E-state index is 0.262. The van der Waals surface area contributed by atoms with Gasteiger partial charge < -0.3 is 11.1 Å². The van der Waals surface area contributed by atoms with E-state index in [0.29, 0.717) is 25.1 Å². The molecule has 110 valence electrons. The average molecular weight is 351 g/mol. The van der Waals surface area contributed by atoms with E-state index in [0.717, 1.165) is 25.7 Å². The van der Waals surface area contributed by atoms with E-state index in [1.165, 1.54) is 17.8 Å². The summed E-state index contributed by atoms with van der Waals surface area (Å²) in [5, 5.41) is 2.92. The third-order valence-corrected chi connectivity index (χ3v) is 5.36. The smallest absolute Gasteiger partial charge is 0.254 e.